The molecule has 4 heteroatoms. The SMILES string of the molecule is CCc1ccccc1-c1sc(C#N)c(N)c1-c1cccs1. The van der Waals surface area contributed by atoms with Crippen LogP contribution in [0.25, 0.3) is 20.9 Å². The van der Waals surface area contributed by atoms with Crippen molar-refractivity contribution in [2.45, 2.75) is 13.3 Å². The molecule has 104 valence electrons. The van der Waals surface area contributed by atoms with Crippen LogP contribution in [0, 0.1) is 11.3 Å². The highest BCUT2D eigenvalue weighted by atomic mass is 32.1. The van der Waals surface area contributed by atoms with Crippen LogP contribution in [0.4, 0.5) is 5.69 Å². The van der Waals surface area contributed by atoms with Gasteiger partial charge in [-0.2, -0.15) is 5.26 Å². The van der Waals surface area contributed by atoms with Crippen LogP contribution in [-0.4, -0.2) is 0 Å². The monoisotopic (exact) mass is 310 g/mol. The van der Waals surface area contributed by atoms with Crippen LogP contribution in [0.1, 0.15) is 17.4 Å². The molecule has 0 unspecified atom stereocenters. The molecule has 21 heavy (non-hydrogen) atoms. The standard InChI is InChI=1S/C17H14N2S2/c1-2-11-6-3-4-7-12(11)17-15(13-8-5-9-20-13)16(19)14(10-18)21-17/h3-9H,2,19H2,1H3. The number of nitrogens with zero attached hydrogens (tertiary/aromatic N) is 1. The molecule has 2 aromatic heterocycles. The first kappa shape index (κ1) is 13.9. The molecule has 0 bridgehead atoms. The second-order valence-corrected chi connectivity index (χ2v) is 6.62. The summed E-state index contributed by atoms with van der Waals surface area (Å²) in [4.78, 5) is 2.81. The van der Waals surface area contributed by atoms with Gasteiger partial charge in [-0.3, -0.25) is 0 Å². The number of rotatable bonds is 3. The maximum atomic E-state index is 9.31. The van der Waals surface area contributed by atoms with Gasteiger partial charge >= 0.3 is 0 Å². The van der Waals surface area contributed by atoms with Crippen molar-refractivity contribution < 1.29 is 0 Å². The highest BCUT2D eigenvalue weighted by Gasteiger charge is 2.20. The summed E-state index contributed by atoms with van der Waals surface area (Å²) in [6, 6.07) is 14.6. The van der Waals surface area contributed by atoms with Crippen molar-refractivity contribution in [2.24, 2.45) is 0 Å². The number of anilines is 1. The molecule has 0 aliphatic carbocycles. The number of nitrogen functional groups attached to an aromatic ring is 1. The van der Waals surface area contributed by atoms with Crippen LogP contribution >= 0.6 is 22.7 Å². The van der Waals surface area contributed by atoms with E-state index in [1.54, 1.807) is 11.3 Å². The van der Waals surface area contributed by atoms with Crippen LogP contribution in [-0.2, 0) is 6.42 Å². The molecule has 0 aliphatic heterocycles. The lowest BCUT2D eigenvalue weighted by atomic mass is 10.00. The average molecular weight is 310 g/mol. The lowest BCUT2D eigenvalue weighted by Crippen LogP contribution is -1.89. The van der Waals surface area contributed by atoms with E-state index in [2.05, 4.69) is 37.3 Å². The topological polar surface area (TPSA) is 49.8 Å². The first-order chi connectivity index (χ1) is 10.3. The number of hydrogen-bond acceptors (Lipinski definition) is 4. The Bertz CT molecular complexity index is 808. The molecule has 3 aromatic rings. The number of aryl methyl sites for hydroxylation is 1. The summed E-state index contributed by atoms with van der Waals surface area (Å²) in [5.41, 5.74) is 10.3. The molecule has 0 spiro atoms. The maximum Gasteiger partial charge on any atom is 0.129 e. The first-order valence-corrected chi connectivity index (χ1v) is 8.40. The number of hydrogen-bond donors (Lipinski definition) is 1. The number of nitriles is 1. The van der Waals surface area contributed by atoms with Crippen molar-refractivity contribution >= 4 is 28.4 Å². The summed E-state index contributed by atoms with van der Waals surface area (Å²) >= 11 is 3.14. The Morgan fingerprint density at radius 3 is 2.67 bits per heavy atom. The molecule has 1 aromatic carbocycles. The van der Waals surface area contributed by atoms with E-state index >= 15 is 0 Å². The molecule has 0 radical (unpaired) electrons. The minimum atomic E-state index is 0.597. The van der Waals surface area contributed by atoms with Crippen LogP contribution < -0.4 is 5.73 Å². The normalized spacial score (nSPS) is 10.5. The van der Waals surface area contributed by atoms with Gasteiger partial charge in [-0.15, -0.1) is 22.7 Å². The van der Waals surface area contributed by atoms with Crippen LogP contribution in [0.3, 0.4) is 0 Å². The first-order valence-electron chi connectivity index (χ1n) is 6.70. The van der Waals surface area contributed by atoms with E-state index in [4.69, 9.17) is 5.73 Å². The van der Waals surface area contributed by atoms with E-state index in [0.29, 0.717) is 10.6 Å². The van der Waals surface area contributed by atoms with Gasteiger partial charge in [0.1, 0.15) is 10.9 Å². The van der Waals surface area contributed by atoms with Gasteiger partial charge in [0.15, 0.2) is 0 Å². The second kappa shape index (κ2) is 5.72. The molecule has 0 saturated carbocycles. The molecule has 2 N–H and O–H groups in total. The van der Waals surface area contributed by atoms with E-state index in [9.17, 15) is 5.26 Å². The highest BCUT2D eigenvalue weighted by Crippen LogP contribution is 2.47. The zero-order valence-corrected chi connectivity index (χ0v) is 13.2. The summed E-state index contributed by atoms with van der Waals surface area (Å²) in [5, 5.41) is 11.3. The Morgan fingerprint density at radius 2 is 2.00 bits per heavy atom. The number of benzene rings is 1. The Morgan fingerprint density at radius 1 is 1.19 bits per heavy atom. The predicted molar refractivity (Wildman–Crippen MR) is 91.6 cm³/mol. The Kier molecular flexibility index (Phi) is 3.78. The van der Waals surface area contributed by atoms with Crippen molar-refractivity contribution in [1.82, 2.24) is 0 Å². The summed E-state index contributed by atoms with van der Waals surface area (Å²) in [7, 11) is 0. The zero-order valence-electron chi connectivity index (χ0n) is 11.6. The maximum absolute atomic E-state index is 9.31. The van der Waals surface area contributed by atoms with Gasteiger partial charge in [-0.25, -0.2) is 0 Å². The highest BCUT2D eigenvalue weighted by molar-refractivity contribution is 7.19. The Hall–Kier alpha value is -2.09. The van der Waals surface area contributed by atoms with E-state index in [-0.39, 0.29) is 0 Å². The van der Waals surface area contributed by atoms with E-state index < -0.39 is 0 Å². The van der Waals surface area contributed by atoms with E-state index in [1.807, 2.05) is 17.5 Å². The summed E-state index contributed by atoms with van der Waals surface area (Å²) in [6.45, 7) is 2.14. The summed E-state index contributed by atoms with van der Waals surface area (Å²) in [6.07, 6.45) is 0.958. The quantitative estimate of drug-likeness (QED) is 0.726. The van der Waals surface area contributed by atoms with Crippen LogP contribution in [0.2, 0.25) is 0 Å². The van der Waals surface area contributed by atoms with Gasteiger partial charge in [-0.1, -0.05) is 37.3 Å². The molecule has 0 fully saturated rings. The zero-order chi connectivity index (χ0) is 14.8. The molecule has 2 heterocycles. The molecule has 0 atom stereocenters. The van der Waals surface area contributed by atoms with Crippen LogP contribution in [0.15, 0.2) is 41.8 Å². The Labute approximate surface area is 132 Å². The predicted octanol–water partition coefficient (Wildman–Crippen LogP) is 5.16. The van der Waals surface area contributed by atoms with Crippen molar-refractivity contribution in [3.05, 3.63) is 52.2 Å². The fourth-order valence-corrected chi connectivity index (χ4v) is 4.38. The van der Waals surface area contributed by atoms with Crippen molar-refractivity contribution in [2.75, 3.05) is 5.73 Å². The second-order valence-electron chi connectivity index (χ2n) is 4.65. The molecule has 0 amide bonds. The van der Waals surface area contributed by atoms with Crippen LogP contribution in [0.5, 0.6) is 0 Å². The van der Waals surface area contributed by atoms with Gasteiger partial charge in [0, 0.05) is 15.3 Å². The largest absolute Gasteiger partial charge is 0.396 e. The average Bonchev–Trinajstić information content (AvgIpc) is 3.14. The van der Waals surface area contributed by atoms with Gasteiger partial charge < -0.3 is 5.73 Å². The van der Waals surface area contributed by atoms with Gasteiger partial charge in [0.05, 0.1) is 5.69 Å². The fourth-order valence-electron chi connectivity index (χ4n) is 2.43. The van der Waals surface area contributed by atoms with Gasteiger partial charge in [-0.05, 0) is 29.0 Å². The minimum absolute atomic E-state index is 0.597. The molecule has 0 saturated heterocycles. The van der Waals surface area contributed by atoms with Crippen molar-refractivity contribution in [3.63, 3.8) is 0 Å². The third-order valence-electron chi connectivity index (χ3n) is 3.46. The third kappa shape index (κ3) is 2.35. The molecule has 0 aliphatic rings. The smallest absolute Gasteiger partial charge is 0.129 e. The van der Waals surface area contributed by atoms with Gasteiger partial charge in [0.2, 0.25) is 0 Å². The third-order valence-corrected chi connectivity index (χ3v) is 5.49. The molecular formula is C17H14N2S2. The molecule has 2 nitrogen and oxygen atoms in total. The Balaban J connectivity index is 2.31. The summed E-state index contributed by atoms with van der Waals surface area (Å²) < 4.78 is 0. The lowest BCUT2D eigenvalue weighted by molar-refractivity contribution is 1.14. The van der Waals surface area contributed by atoms with E-state index in [1.165, 1.54) is 22.5 Å². The molecule has 3 rings (SSSR count). The number of thiophene rings is 2. The minimum Gasteiger partial charge on any atom is -0.396 e. The van der Waals surface area contributed by atoms with E-state index in [0.717, 1.165) is 21.7 Å². The lowest BCUT2D eigenvalue weighted by Gasteiger charge is -2.08. The molecular weight excluding hydrogens is 296 g/mol. The van der Waals surface area contributed by atoms with Gasteiger partial charge in [0.25, 0.3) is 0 Å². The summed E-state index contributed by atoms with van der Waals surface area (Å²) in [5.74, 6) is 0. The fraction of sp³-hybridized carbons (Fsp3) is 0.118. The van der Waals surface area contributed by atoms with Crippen molar-refractivity contribution in [3.8, 4) is 27.0 Å². The number of nitrogens with two attached hydrogens (primary N) is 1. The van der Waals surface area contributed by atoms with Crippen molar-refractivity contribution in [1.29, 1.82) is 5.26 Å².